The van der Waals surface area contributed by atoms with Crippen LogP contribution >= 0.6 is 0 Å². The maximum atomic E-state index is 13.8. The number of nitrogens with zero attached hydrogens (tertiary/aromatic N) is 1. The van der Waals surface area contributed by atoms with Crippen LogP contribution in [-0.2, 0) is 17.8 Å². The molecule has 164 valence electrons. The van der Waals surface area contributed by atoms with Crippen molar-refractivity contribution >= 4 is 16.8 Å². The van der Waals surface area contributed by atoms with Gasteiger partial charge in [-0.3, -0.25) is 14.6 Å². The van der Waals surface area contributed by atoms with Gasteiger partial charge in [0.2, 0.25) is 5.91 Å². The molecule has 0 aliphatic heterocycles. The standard InChI is InChI=1S/C17H11F4N3O2.C5H10/c18-9-5-12(20)14(22-6-9)7-23-15(25)4-8-3-10-13(24-17(8)26)2-1-11(19)16(10)21;1-3-5-4-2/h1-3,5-6H,4,7H2,(H,23,25)(H,24,26);3H,1,4-5H2,2H3. The molecule has 0 bridgehead atoms. The lowest BCUT2D eigenvalue weighted by atomic mass is 10.1. The molecule has 0 saturated heterocycles. The van der Waals surface area contributed by atoms with Crippen LogP contribution in [-0.4, -0.2) is 15.9 Å². The third-order valence-electron chi connectivity index (χ3n) is 4.17. The number of fused-ring (bicyclic) bond motifs is 1. The first-order valence-corrected chi connectivity index (χ1v) is 9.44. The third-order valence-corrected chi connectivity index (χ3v) is 4.17. The van der Waals surface area contributed by atoms with Gasteiger partial charge in [-0.25, -0.2) is 17.6 Å². The van der Waals surface area contributed by atoms with Crippen molar-refractivity contribution in [2.75, 3.05) is 0 Å². The monoisotopic (exact) mass is 435 g/mol. The summed E-state index contributed by atoms with van der Waals surface area (Å²) in [6.45, 7) is 5.37. The lowest BCUT2D eigenvalue weighted by Gasteiger charge is -2.07. The van der Waals surface area contributed by atoms with Crippen LogP contribution in [0.5, 0.6) is 0 Å². The molecule has 9 heteroatoms. The fraction of sp³-hybridized carbons (Fsp3) is 0.227. The van der Waals surface area contributed by atoms with Crippen LogP contribution in [0.4, 0.5) is 17.6 Å². The van der Waals surface area contributed by atoms with E-state index < -0.39 is 41.2 Å². The summed E-state index contributed by atoms with van der Waals surface area (Å²) < 4.78 is 53.4. The van der Waals surface area contributed by atoms with E-state index >= 15 is 0 Å². The fourth-order valence-corrected chi connectivity index (χ4v) is 2.58. The normalized spacial score (nSPS) is 10.4. The van der Waals surface area contributed by atoms with Crippen LogP contribution < -0.4 is 10.9 Å². The number of amides is 1. The highest BCUT2D eigenvalue weighted by Gasteiger charge is 2.14. The highest BCUT2D eigenvalue weighted by Crippen LogP contribution is 2.18. The summed E-state index contributed by atoms with van der Waals surface area (Å²) in [7, 11) is 0. The van der Waals surface area contributed by atoms with E-state index in [4.69, 9.17) is 0 Å². The van der Waals surface area contributed by atoms with Gasteiger partial charge in [0.05, 0.1) is 30.4 Å². The Bertz CT molecular complexity index is 1150. The number of allylic oxidation sites excluding steroid dienone is 1. The SMILES string of the molecule is C=CCCC.O=C(Cc1cc2c(F)c(F)ccc2[nH]c1=O)NCc1ncc(F)cc1F. The molecule has 0 unspecified atom stereocenters. The average Bonchev–Trinajstić information content (AvgIpc) is 2.72. The Morgan fingerprint density at radius 2 is 1.94 bits per heavy atom. The van der Waals surface area contributed by atoms with E-state index in [1.54, 1.807) is 0 Å². The number of hydrogen-bond acceptors (Lipinski definition) is 3. The summed E-state index contributed by atoms with van der Waals surface area (Å²) in [6.07, 6.45) is 4.67. The molecule has 1 amide bonds. The molecule has 31 heavy (non-hydrogen) atoms. The van der Waals surface area contributed by atoms with E-state index in [2.05, 4.69) is 28.8 Å². The highest BCUT2D eigenvalue weighted by molar-refractivity contribution is 5.83. The predicted octanol–water partition coefficient (Wildman–Crippen LogP) is 4.31. The Labute approximate surface area is 175 Å². The van der Waals surface area contributed by atoms with Crippen molar-refractivity contribution in [3.05, 3.63) is 88.0 Å². The number of carbonyl (C=O) groups is 1. The van der Waals surface area contributed by atoms with Gasteiger partial charge in [0.25, 0.3) is 5.56 Å². The molecular formula is C22H21F4N3O2. The Hall–Kier alpha value is -3.49. The highest BCUT2D eigenvalue weighted by atomic mass is 19.2. The van der Waals surface area contributed by atoms with E-state index in [-0.39, 0.29) is 28.7 Å². The van der Waals surface area contributed by atoms with Gasteiger partial charge in [-0.1, -0.05) is 19.4 Å². The van der Waals surface area contributed by atoms with Crippen LogP contribution in [0.2, 0.25) is 0 Å². The molecule has 0 radical (unpaired) electrons. The second-order valence-electron chi connectivity index (χ2n) is 6.56. The molecule has 0 aliphatic carbocycles. The zero-order chi connectivity index (χ0) is 23.0. The van der Waals surface area contributed by atoms with Crippen molar-refractivity contribution in [2.45, 2.75) is 32.7 Å². The second kappa shape index (κ2) is 11.1. The number of hydrogen-bond donors (Lipinski definition) is 2. The molecule has 0 spiro atoms. The summed E-state index contributed by atoms with van der Waals surface area (Å²) in [5.41, 5.74) is -0.812. The molecule has 3 aromatic rings. The number of halogens is 4. The maximum Gasteiger partial charge on any atom is 0.252 e. The van der Waals surface area contributed by atoms with Crippen molar-refractivity contribution in [3.8, 4) is 0 Å². The van der Waals surface area contributed by atoms with Crippen molar-refractivity contribution < 1.29 is 22.4 Å². The lowest BCUT2D eigenvalue weighted by molar-refractivity contribution is -0.120. The Morgan fingerprint density at radius 1 is 1.19 bits per heavy atom. The molecule has 2 N–H and O–H groups in total. The first-order valence-electron chi connectivity index (χ1n) is 9.44. The maximum absolute atomic E-state index is 13.8. The first kappa shape index (κ1) is 23.8. The van der Waals surface area contributed by atoms with Crippen LogP contribution in [0, 0.1) is 23.3 Å². The molecule has 2 heterocycles. The molecular weight excluding hydrogens is 414 g/mol. The van der Waals surface area contributed by atoms with Gasteiger partial charge < -0.3 is 10.3 Å². The van der Waals surface area contributed by atoms with E-state index in [1.807, 2.05) is 6.08 Å². The second-order valence-corrected chi connectivity index (χ2v) is 6.56. The summed E-state index contributed by atoms with van der Waals surface area (Å²) >= 11 is 0. The zero-order valence-corrected chi connectivity index (χ0v) is 16.8. The molecule has 5 nitrogen and oxygen atoms in total. The minimum absolute atomic E-state index is 0.0907. The van der Waals surface area contributed by atoms with Gasteiger partial charge in [0.1, 0.15) is 11.6 Å². The molecule has 2 aromatic heterocycles. The molecule has 0 saturated carbocycles. The van der Waals surface area contributed by atoms with Crippen molar-refractivity contribution in [1.82, 2.24) is 15.3 Å². The summed E-state index contributed by atoms with van der Waals surface area (Å²) in [5.74, 6) is -4.67. The Kier molecular flexibility index (Phi) is 8.48. The van der Waals surface area contributed by atoms with Gasteiger partial charge in [-0.2, -0.15) is 0 Å². The average molecular weight is 435 g/mol. The largest absolute Gasteiger partial charge is 0.350 e. The van der Waals surface area contributed by atoms with Crippen LogP contribution in [0.25, 0.3) is 10.9 Å². The van der Waals surface area contributed by atoms with Crippen LogP contribution in [0.3, 0.4) is 0 Å². The van der Waals surface area contributed by atoms with E-state index in [0.717, 1.165) is 24.8 Å². The van der Waals surface area contributed by atoms with Gasteiger partial charge in [0.15, 0.2) is 11.6 Å². The number of aromatic amines is 1. The molecule has 0 atom stereocenters. The van der Waals surface area contributed by atoms with Crippen LogP contribution in [0.15, 0.2) is 47.9 Å². The number of rotatable bonds is 6. The van der Waals surface area contributed by atoms with E-state index in [1.165, 1.54) is 12.5 Å². The number of pyridine rings is 2. The molecule has 3 rings (SSSR count). The number of nitrogens with one attached hydrogen (secondary N) is 2. The number of carbonyl (C=O) groups excluding carboxylic acids is 1. The predicted molar refractivity (Wildman–Crippen MR) is 109 cm³/mol. The Balaban J connectivity index is 0.000000614. The number of aromatic nitrogens is 2. The minimum atomic E-state index is -1.14. The van der Waals surface area contributed by atoms with Gasteiger partial charge in [0, 0.05) is 17.0 Å². The molecule has 1 aromatic carbocycles. The number of benzene rings is 1. The lowest BCUT2D eigenvalue weighted by Crippen LogP contribution is -2.28. The van der Waals surface area contributed by atoms with Gasteiger partial charge >= 0.3 is 0 Å². The topological polar surface area (TPSA) is 74.8 Å². The number of unbranched alkanes of at least 4 members (excludes halogenated alkanes) is 1. The summed E-state index contributed by atoms with van der Waals surface area (Å²) in [6, 6.07) is 3.80. The number of H-pyrrole nitrogens is 1. The van der Waals surface area contributed by atoms with E-state index in [9.17, 15) is 27.2 Å². The summed E-state index contributed by atoms with van der Waals surface area (Å²) in [5, 5.41) is 2.16. The molecule has 0 fully saturated rings. The smallest absolute Gasteiger partial charge is 0.252 e. The third kappa shape index (κ3) is 6.50. The minimum Gasteiger partial charge on any atom is -0.350 e. The van der Waals surface area contributed by atoms with Crippen molar-refractivity contribution in [2.24, 2.45) is 0 Å². The van der Waals surface area contributed by atoms with Crippen molar-refractivity contribution in [3.63, 3.8) is 0 Å². The Morgan fingerprint density at radius 3 is 2.55 bits per heavy atom. The zero-order valence-electron chi connectivity index (χ0n) is 16.8. The van der Waals surface area contributed by atoms with Gasteiger partial charge in [-0.05, 0) is 24.6 Å². The molecule has 0 aliphatic rings. The summed E-state index contributed by atoms with van der Waals surface area (Å²) in [4.78, 5) is 29.8. The quantitative estimate of drug-likeness (QED) is 0.448. The van der Waals surface area contributed by atoms with E-state index in [0.29, 0.717) is 6.07 Å². The van der Waals surface area contributed by atoms with Crippen LogP contribution in [0.1, 0.15) is 31.0 Å². The van der Waals surface area contributed by atoms with Crippen molar-refractivity contribution in [1.29, 1.82) is 0 Å². The van der Waals surface area contributed by atoms with Gasteiger partial charge in [-0.15, -0.1) is 6.58 Å². The fourth-order valence-electron chi connectivity index (χ4n) is 2.58. The first-order chi connectivity index (χ1) is 14.8.